The SMILES string of the molecule is CNCc1ccc(NC(=O)CC(C)(C)C)cc1.Cl. The molecule has 0 bridgehead atoms. The Morgan fingerprint density at radius 1 is 1.17 bits per heavy atom. The highest BCUT2D eigenvalue weighted by Gasteiger charge is 2.15. The smallest absolute Gasteiger partial charge is 0.224 e. The molecule has 0 saturated heterocycles. The highest BCUT2D eigenvalue weighted by Crippen LogP contribution is 2.19. The summed E-state index contributed by atoms with van der Waals surface area (Å²) in [6.45, 7) is 7.02. The van der Waals surface area contributed by atoms with Gasteiger partial charge in [-0.25, -0.2) is 0 Å². The normalized spacial score (nSPS) is 10.7. The van der Waals surface area contributed by atoms with E-state index in [-0.39, 0.29) is 23.7 Å². The van der Waals surface area contributed by atoms with Gasteiger partial charge in [0.2, 0.25) is 5.91 Å². The van der Waals surface area contributed by atoms with E-state index in [1.54, 1.807) is 0 Å². The summed E-state index contributed by atoms with van der Waals surface area (Å²) in [4.78, 5) is 11.7. The molecule has 0 unspecified atom stereocenters. The van der Waals surface area contributed by atoms with E-state index in [0.29, 0.717) is 6.42 Å². The van der Waals surface area contributed by atoms with Crippen molar-refractivity contribution < 1.29 is 4.79 Å². The van der Waals surface area contributed by atoms with Gasteiger partial charge >= 0.3 is 0 Å². The van der Waals surface area contributed by atoms with Gasteiger partial charge in [0.1, 0.15) is 0 Å². The van der Waals surface area contributed by atoms with E-state index in [2.05, 4.69) is 31.4 Å². The van der Waals surface area contributed by atoms with Crippen LogP contribution in [0.2, 0.25) is 0 Å². The number of carbonyl (C=O) groups is 1. The first-order valence-electron chi connectivity index (χ1n) is 5.94. The number of anilines is 1. The third kappa shape index (κ3) is 6.62. The van der Waals surface area contributed by atoms with Crippen LogP contribution >= 0.6 is 12.4 Å². The molecular weight excluding hydrogens is 248 g/mol. The van der Waals surface area contributed by atoms with Crippen molar-refractivity contribution >= 4 is 24.0 Å². The first kappa shape index (κ1) is 16.9. The molecule has 3 nitrogen and oxygen atoms in total. The Hall–Kier alpha value is -1.06. The number of rotatable bonds is 4. The van der Waals surface area contributed by atoms with Gasteiger partial charge in [-0.2, -0.15) is 0 Å². The van der Waals surface area contributed by atoms with Crippen LogP contribution in [-0.2, 0) is 11.3 Å². The Bertz CT molecular complexity index is 368. The number of hydrogen-bond donors (Lipinski definition) is 2. The number of halogens is 1. The summed E-state index contributed by atoms with van der Waals surface area (Å²) in [6.07, 6.45) is 0.533. The van der Waals surface area contributed by atoms with Crippen molar-refractivity contribution in [3.05, 3.63) is 29.8 Å². The highest BCUT2D eigenvalue weighted by molar-refractivity contribution is 5.91. The molecule has 0 heterocycles. The minimum absolute atomic E-state index is 0. The molecule has 0 aliphatic rings. The summed E-state index contributed by atoms with van der Waals surface area (Å²) in [7, 11) is 1.92. The number of benzene rings is 1. The van der Waals surface area contributed by atoms with E-state index in [1.165, 1.54) is 5.56 Å². The summed E-state index contributed by atoms with van der Waals surface area (Å²) in [6, 6.07) is 7.91. The van der Waals surface area contributed by atoms with Gasteiger partial charge in [-0.05, 0) is 30.2 Å². The second-order valence-electron chi connectivity index (χ2n) is 5.51. The molecule has 0 radical (unpaired) electrons. The predicted molar refractivity (Wildman–Crippen MR) is 79.2 cm³/mol. The molecule has 1 aromatic carbocycles. The van der Waals surface area contributed by atoms with Crippen LogP contribution in [0.4, 0.5) is 5.69 Å². The van der Waals surface area contributed by atoms with E-state index in [0.717, 1.165) is 12.2 Å². The zero-order valence-electron chi connectivity index (χ0n) is 11.5. The van der Waals surface area contributed by atoms with Gasteiger partial charge in [0.05, 0.1) is 0 Å². The maximum absolute atomic E-state index is 11.7. The van der Waals surface area contributed by atoms with Crippen molar-refractivity contribution in [2.24, 2.45) is 5.41 Å². The van der Waals surface area contributed by atoms with E-state index >= 15 is 0 Å². The molecule has 0 saturated carbocycles. The van der Waals surface area contributed by atoms with Crippen LogP contribution in [0.3, 0.4) is 0 Å². The van der Waals surface area contributed by atoms with Crippen molar-refractivity contribution in [2.75, 3.05) is 12.4 Å². The van der Waals surface area contributed by atoms with Gasteiger partial charge in [0.15, 0.2) is 0 Å². The third-order valence-electron chi connectivity index (χ3n) is 2.31. The van der Waals surface area contributed by atoms with Gasteiger partial charge < -0.3 is 10.6 Å². The summed E-state index contributed by atoms with van der Waals surface area (Å²) in [5.74, 6) is 0.0684. The van der Waals surface area contributed by atoms with Gasteiger partial charge in [-0.3, -0.25) is 4.79 Å². The average Bonchev–Trinajstić information content (AvgIpc) is 2.18. The lowest BCUT2D eigenvalue weighted by Crippen LogP contribution is -2.19. The van der Waals surface area contributed by atoms with E-state index < -0.39 is 0 Å². The summed E-state index contributed by atoms with van der Waals surface area (Å²) >= 11 is 0. The fourth-order valence-electron chi connectivity index (χ4n) is 1.60. The Morgan fingerprint density at radius 2 is 1.72 bits per heavy atom. The largest absolute Gasteiger partial charge is 0.326 e. The van der Waals surface area contributed by atoms with Crippen LogP contribution in [0.15, 0.2) is 24.3 Å². The van der Waals surface area contributed by atoms with Crippen LogP contribution in [0.25, 0.3) is 0 Å². The first-order valence-corrected chi connectivity index (χ1v) is 5.94. The maximum Gasteiger partial charge on any atom is 0.224 e. The lowest BCUT2D eigenvalue weighted by Gasteiger charge is -2.17. The molecule has 0 aliphatic carbocycles. The zero-order valence-corrected chi connectivity index (χ0v) is 12.4. The minimum atomic E-state index is 0. The van der Waals surface area contributed by atoms with Crippen LogP contribution in [-0.4, -0.2) is 13.0 Å². The Labute approximate surface area is 116 Å². The first-order chi connectivity index (χ1) is 7.90. The van der Waals surface area contributed by atoms with Gasteiger partial charge in [0, 0.05) is 18.7 Å². The zero-order chi connectivity index (χ0) is 12.9. The molecule has 0 aliphatic heterocycles. The van der Waals surface area contributed by atoms with Crippen molar-refractivity contribution in [1.82, 2.24) is 5.32 Å². The molecule has 18 heavy (non-hydrogen) atoms. The van der Waals surface area contributed by atoms with Crippen molar-refractivity contribution in [3.63, 3.8) is 0 Å². The van der Waals surface area contributed by atoms with E-state index in [1.807, 2.05) is 31.3 Å². The van der Waals surface area contributed by atoms with E-state index in [9.17, 15) is 4.79 Å². The maximum atomic E-state index is 11.7. The van der Waals surface area contributed by atoms with Gasteiger partial charge in [-0.15, -0.1) is 12.4 Å². The molecule has 0 aromatic heterocycles. The van der Waals surface area contributed by atoms with Crippen LogP contribution in [0.5, 0.6) is 0 Å². The molecule has 2 N–H and O–H groups in total. The number of hydrogen-bond acceptors (Lipinski definition) is 2. The van der Waals surface area contributed by atoms with Crippen LogP contribution in [0, 0.1) is 5.41 Å². The molecule has 1 rings (SSSR count). The van der Waals surface area contributed by atoms with Crippen molar-refractivity contribution in [3.8, 4) is 0 Å². The highest BCUT2D eigenvalue weighted by atomic mass is 35.5. The Balaban J connectivity index is 0.00000289. The number of nitrogens with one attached hydrogen (secondary N) is 2. The van der Waals surface area contributed by atoms with Crippen molar-refractivity contribution in [2.45, 2.75) is 33.7 Å². The Morgan fingerprint density at radius 3 is 2.17 bits per heavy atom. The Kier molecular flexibility index (Phi) is 6.96. The number of carbonyl (C=O) groups excluding carboxylic acids is 1. The number of amides is 1. The summed E-state index contributed by atoms with van der Waals surface area (Å²) < 4.78 is 0. The fraction of sp³-hybridized carbons (Fsp3) is 0.500. The average molecular weight is 271 g/mol. The lowest BCUT2D eigenvalue weighted by atomic mass is 9.92. The molecule has 0 spiro atoms. The van der Waals surface area contributed by atoms with Crippen LogP contribution < -0.4 is 10.6 Å². The molecule has 1 amide bonds. The second-order valence-corrected chi connectivity index (χ2v) is 5.51. The van der Waals surface area contributed by atoms with Crippen LogP contribution in [0.1, 0.15) is 32.8 Å². The molecule has 102 valence electrons. The summed E-state index contributed by atoms with van der Waals surface area (Å²) in [5, 5.41) is 6.00. The molecular formula is C14H23ClN2O. The molecule has 1 aromatic rings. The predicted octanol–water partition coefficient (Wildman–Crippen LogP) is 3.20. The monoisotopic (exact) mass is 270 g/mol. The molecule has 0 fully saturated rings. The topological polar surface area (TPSA) is 41.1 Å². The fourth-order valence-corrected chi connectivity index (χ4v) is 1.60. The quantitative estimate of drug-likeness (QED) is 0.882. The van der Waals surface area contributed by atoms with Gasteiger partial charge in [0.25, 0.3) is 0 Å². The lowest BCUT2D eigenvalue weighted by molar-refractivity contribution is -0.117. The third-order valence-corrected chi connectivity index (χ3v) is 2.31. The molecule has 4 heteroatoms. The molecule has 0 atom stereocenters. The summed E-state index contributed by atoms with van der Waals surface area (Å²) in [5.41, 5.74) is 2.09. The minimum Gasteiger partial charge on any atom is -0.326 e. The van der Waals surface area contributed by atoms with Crippen molar-refractivity contribution in [1.29, 1.82) is 0 Å². The second kappa shape index (κ2) is 7.39. The van der Waals surface area contributed by atoms with E-state index in [4.69, 9.17) is 0 Å². The van der Waals surface area contributed by atoms with Gasteiger partial charge in [-0.1, -0.05) is 32.9 Å². The standard InChI is InChI=1S/C14H22N2O.ClH/c1-14(2,3)9-13(17)16-12-7-5-11(6-8-12)10-15-4;/h5-8,15H,9-10H2,1-4H3,(H,16,17);1H.